The van der Waals surface area contributed by atoms with Gasteiger partial charge in [0.25, 0.3) is 5.91 Å². The third-order valence-corrected chi connectivity index (χ3v) is 5.97. The van der Waals surface area contributed by atoms with E-state index in [2.05, 4.69) is 45.6 Å². The molecule has 1 atom stereocenters. The molecule has 1 aromatic heterocycles. The average Bonchev–Trinajstić information content (AvgIpc) is 3.26. The normalized spacial score (nSPS) is 21.3. The predicted octanol–water partition coefficient (Wildman–Crippen LogP) is 1.87. The summed E-state index contributed by atoms with van der Waals surface area (Å²) in [7, 11) is 1.78. The van der Waals surface area contributed by atoms with E-state index >= 15 is 0 Å². The lowest BCUT2D eigenvalue weighted by Crippen LogP contribution is -2.65. The van der Waals surface area contributed by atoms with Gasteiger partial charge in [-0.1, -0.05) is 30.3 Å². The van der Waals surface area contributed by atoms with Gasteiger partial charge in [-0.3, -0.25) is 14.4 Å². The number of nitrogens with one attached hydrogen (secondary N) is 1. The van der Waals surface area contributed by atoms with Crippen LogP contribution in [0.4, 0.5) is 0 Å². The van der Waals surface area contributed by atoms with Gasteiger partial charge >= 0.3 is 0 Å². The van der Waals surface area contributed by atoms with Crippen molar-refractivity contribution in [1.29, 1.82) is 0 Å². The molecule has 1 aromatic carbocycles. The summed E-state index contributed by atoms with van der Waals surface area (Å²) < 4.78 is 7.75. The topological polar surface area (TPSA) is 59.4 Å². The molecule has 6 nitrogen and oxygen atoms in total. The van der Waals surface area contributed by atoms with Crippen molar-refractivity contribution in [3.63, 3.8) is 0 Å². The monoisotopic (exact) mass is 368 g/mol. The van der Waals surface area contributed by atoms with Crippen molar-refractivity contribution in [2.45, 2.75) is 24.9 Å². The van der Waals surface area contributed by atoms with Gasteiger partial charge in [0.05, 0.1) is 5.60 Å². The number of rotatable bonds is 7. The van der Waals surface area contributed by atoms with E-state index in [1.807, 2.05) is 0 Å². The van der Waals surface area contributed by atoms with E-state index in [0.29, 0.717) is 18.2 Å². The molecule has 3 heterocycles. The molecule has 2 fully saturated rings. The first-order valence-corrected chi connectivity index (χ1v) is 9.83. The molecule has 2 aliphatic rings. The molecular formula is C21H28N4O2. The van der Waals surface area contributed by atoms with E-state index < -0.39 is 0 Å². The standard InChI is InChI=1S/C21H28N4O2/c1-24-19(8-12-23-24)20(26)22-11-7-18-10-14-27-21(18)15-25(16-21)13-9-17-5-3-2-4-6-17/h2-6,8,12,18H,7,9-11,13-16H2,1H3,(H,22,26). The fraction of sp³-hybridized carbons (Fsp3) is 0.524. The van der Waals surface area contributed by atoms with Gasteiger partial charge in [-0.15, -0.1) is 0 Å². The summed E-state index contributed by atoms with van der Waals surface area (Å²) in [6.45, 7) is 4.64. The minimum absolute atomic E-state index is 0.00788. The second-order valence-corrected chi connectivity index (χ2v) is 7.73. The number of carbonyl (C=O) groups is 1. The molecule has 4 rings (SSSR count). The van der Waals surface area contributed by atoms with E-state index in [4.69, 9.17) is 4.74 Å². The predicted molar refractivity (Wildman–Crippen MR) is 104 cm³/mol. The van der Waals surface area contributed by atoms with Crippen LogP contribution in [0.5, 0.6) is 0 Å². The number of nitrogens with zero attached hydrogens (tertiary/aromatic N) is 3. The number of benzene rings is 1. The molecule has 0 aliphatic carbocycles. The molecular weight excluding hydrogens is 340 g/mol. The number of amides is 1. The number of likely N-dealkylation sites (tertiary alicyclic amines) is 1. The summed E-state index contributed by atoms with van der Waals surface area (Å²) >= 11 is 0. The van der Waals surface area contributed by atoms with Crippen molar-refractivity contribution in [2.75, 3.05) is 32.8 Å². The van der Waals surface area contributed by atoms with Crippen molar-refractivity contribution in [2.24, 2.45) is 13.0 Å². The summed E-state index contributed by atoms with van der Waals surface area (Å²) in [5.41, 5.74) is 2.00. The van der Waals surface area contributed by atoms with Crippen molar-refractivity contribution in [1.82, 2.24) is 20.0 Å². The lowest BCUT2D eigenvalue weighted by atomic mass is 9.79. The van der Waals surface area contributed by atoms with Crippen LogP contribution >= 0.6 is 0 Å². The molecule has 0 bridgehead atoms. The largest absolute Gasteiger partial charge is 0.372 e. The van der Waals surface area contributed by atoms with Crippen LogP contribution < -0.4 is 5.32 Å². The number of hydrogen-bond acceptors (Lipinski definition) is 4. The highest BCUT2D eigenvalue weighted by molar-refractivity contribution is 5.92. The number of hydrogen-bond donors (Lipinski definition) is 1. The average molecular weight is 368 g/mol. The first-order valence-electron chi connectivity index (χ1n) is 9.83. The van der Waals surface area contributed by atoms with Gasteiger partial charge in [0.15, 0.2) is 0 Å². The lowest BCUT2D eigenvalue weighted by molar-refractivity contribution is -0.133. The van der Waals surface area contributed by atoms with Crippen LogP contribution in [-0.2, 0) is 18.2 Å². The van der Waals surface area contributed by atoms with E-state index in [9.17, 15) is 4.79 Å². The molecule has 2 saturated heterocycles. The highest BCUT2D eigenvalue weighted by Crippen LogP contribution is 2.41. The Bertz CT molecular complexity index is 767. The van der Waals surface area contributed by atoms with E-state index in [-0.39, 0.29) is 11.5 Å². The van der Waals surface area contributed by atoms with Gasteiger partial charge in [-0.2, -0.15) is 5.10 Å². The third-order valence-electron chi connectivity index (χ3n) is 5.97. The minimum Gasteiger partial charge on any atom is -0.372 e. The fourth-order valence-electron chi connectivity index (χ4n) is 4.39. The number of aromatic nitrogens is 2. The Labute approximate surface area is 160 Å². The molecule has 2 aliphatic heterocycles. The summed E-state index contributed by atoms with van der Waals surface area (Å²) in [5, 5.41) is 7.07. The van der Waals surface area contributed by atoms with E-state index in [0.717, 1.165) is 45.5 Å². The highest BCUT2D eigenvalue weighted by atomic mass is 16.5. The Morgan fingerprint density at radius 3 is 2.85 bits per heavy atom. The Kier molecular flexibility index (Phi) is 5.27. The molecule has 1 N–H and O–H groups in total. The first kappa shape index (κ1) is 18.2. The zero-order valence-corrected chi connectivity index (χ0v) is 15.9. The molecule has 0 saturated carbocycles. The van der Waals surface area contributed by atoms with Crippen LogP contribution in [0.3, 0.4) is 0 Å². The van der Waals surface area contributed by atoms with Crippen molar-refractivity contribution >= 4 is 5.91 Å². The van der Waals surface area contributed by atoms with Crippen LogP contribution in [0, 0.1) is 5.92 Å². The van der Waals surface area contributed by atoms with Crippen LogP contribution in [0.15, 0.2) is 42.6 Å². The Balaban J connectivity index is 1.22. The molecule has 27 heavy (non-hydrogen) atoms. The van der Waals surface area contributed by atoms with Gasteiger partial charge in [0, 0.05) is 46.0 Å². The maximum atomic E-state index is 12.2. The smallest absolute Gasteiger partial charge is 0.269 e. The van der Waals surface area contributed by atoms with Crippen LogP contribution in [0.1, 0.15) is 28.9 Å². The molecule has 6 heteroatoms. The molecule has 2 aromatic rings. The van der Waals surface area contributed by atoms with Crippen molar-refractivity contribution < 1.29 is 9.53 Å². The third kappa shape index (κ3) is 3.92. The zero-order valence-electron chi connectivity index (χ0n) is 15.9. The molecule has 0 radical (unpaired) electrons. The molecule has 1 spiro atoms. The Morgan fingerprint density at radius 2 is 2.11 bits per heavy atom. The van der Waals surface area contributed by atoms with Gasteiger partial charge in [-0.05, 0) is 36.8 Å². The number of ether oxygens (including phenoxy) is 1. The van der Waals surface area contributed by atoms with E-state index in [1.54, 1.807) is 24.0 Å². The summed E-state index contributed by atoms with van der Waals surface area (Å²) in [6.07, 6.45) is 4.79. The Hall–Kier alpha value is -2.18. The van der Waals surface area contributed by atoms with Crippen LogP contribution in [0.2, 0.25) is 0 Å². The van der Waals surface area contributed by atoms with Crippen molar-refractivity contribution in [3.8, 4) is 0 Å². The van der Waals surface area contributed by atoms with Gasteiger partial charge < -0.3 is 10.1 Å². The zero-order chi connectivity index (χ0) is 18.7. The van der Waals surface area contributed by atoms with Crippen LogP contribution in [-0.4, -0.2) is 59.0 Å². The van der Waals surface area contributed by atoms with Gasteiger partial charge in [0.1, 0.15) is 5.69 Å². The van der Waals surface area contributed by atoms with Crippen LogP contribution in [0.25, 0.3) is 0 Å². The molecule has 1 unspecified atom stereocenters. The summed E-state index contributed by atoms with van der Waals surface area (Å²) in [4.78, 5) is 14.7. The quantitative estimate of drug-likeness (QED) is 0.811. The first-order chi connectivity index (χ1) is 13.2. The maximum absolute atomic E-state index is 12.2. The maximum Gasteiger partial charge on any atom is 0.269 e. The molecule has 144 valence electrons. The lowest BCUT2D eigenvalue weighted by Gasteiger charge is -2.50. The number of carbonyl (C=O) groups excluding carboxylic acids is 1. The van der Waals surface area contributed by atoms with Crippen molar-refractivity contribution in [3.05, 3.63) is 53.9 Å². The second kappa shape index (κ2) is 7.82. The van der Waals surface area contributed by atoms with E-state index in [1.165, 1.54) is 5.56 Å². The fourth-order valence-corrected chi connectivity index (χ4v) is 4.39. The SMILES string of the molecule is Cn1nccc1C(=O)NCCC1CCOC12CN(CCc1ccccc1)C2. The minimum atomic E-state index is -0.0546. The van der Waals surface area contributed by atoms with Gasteiger partial charge in [0.2, 0.25) is 0 Å². The molecule has 1 amide bonds. The van der Waals surface area contributed by atoms with Gasteiger partial charge in [-0.25, -0.2) is 0 Å². The summed E-state index contributed by atoms with van der Waals surface area (Å²) in [5.74, 6) is 0.471. The second-order valence-electron chi connectivity index (χ2n) is 7.73. The highest BCUT2D eigenvalue weighted by Gasteiger charge is 2.52. The number of aryl methyl sites for hydroxylation is 1. The Morgan fingerprint density at radius 1 is 1.30 bits per heavy atom. The summed E-state index contributed by atoms with van der Waals surface area (Å²) in [6, 6.07) is 12.4.